The third-order valence-electron chi connectivity index (χ3n) is 2.37. The number of nitrogens with zero attached hydrogens (tertiary/aromatic N) is 1. The summed E-state index contributed by atoms with van der Waals surface area (Å²) in [5, 5.41) is 3.79. The zero-order chi connectivity index (χ0) is 9.97. The van der Waals surface area contributed by atoms with Gasteiger partial charge in [-0.25, -0.2) is 4.98 Å². The van der Waals surface area contributed by atoms with Crippen LogP contribution < -0.4 is 10.1 Å². The van der Waals surface area contributed by atoms with E-state index in [4.69, 9.17) is 16.3 Å². The highest BCUT2D eigenvalue weighted by atomic mass is 35.5. The second kappa shape index (κ2) is 4.15. The van der Waals surface area contributed by atoms with Crippen molar-refractivity contribution in [3.05, 3.63) is 23.0 Å². The van der Waals surface area contributed by atoms with Gasteiger partial charge in [-0.1, -0.05) is 11.6 Å². The van der Waals surface area contributed by atoms with E-state index in [0.717, 1.165) is 18.0 Å². The fourth-order valence-corrected chi connectivity index (χ4v) is 1.54. The summed E-state index contributed by atoms with van der Waals surface area (Å²) < 4.78 is 5.61. The SMILES string of the molecule is Cc1nc(Cl)ccc1OC[C@@H]1CCN1. The molecule has 0 amide bonds. The Bertz CT molecular complexity index is 326. The summed E-state index contributed by atoms with van der Waals surface area (Å²) in [6.45, 7) is 3.71. The first-order valence-electron chi connectivity index (χ1n) is 4.75. The van der Waals surface area contributed by atoms with Gasteiger partial charge >= 0.3 is 0 Å². The number of hydrogen-bond donors (Lipinski definition) is 1. The van der Waals surface area contributed by atoms with Crippen molar-refractivity contribution in [1.82, 2.24) is 10.3 Å². The molecule has 1 atom stereocenters. The molecule has 0 bridgehead atoms. The number of halogens is 1. The first-order chi connectivity index (χ1) is 6.75. The van der Waals surface area contributed by atoms with Crippen LogP contribution in [0.15, 0.2) is 12.1 Å². The Hall–Kier alpha value is -0.800. The first-order valence-corrected chi connectivity index (χ1v) is 5.13. The largest absolute Gasteiger partial charge is 0.490 e. The number of nitrogens with one attached hydrogen (secondary N) is 1. The Labute approximate surface area is 88.4 Å². The number of ether oxygens (including phenoxy) is 1. The van der Waals surface area contributed by atoms with E-state index in [1.54, 1.807) is 6.07 Å². The van der Waals surface area contributed by atoms with Crippen molar-refractivity contribution in [2.24, 2.45) is 0 Å². The average molecular weight is 213 g/mol. The lowest BCUT2D eigenvalue weighted by Crippen LogP contribution is -2.46. The van der Waals surface area contributed by atoms with Gasteiger partial charge in [-0.15, -0.1) is 0 Å². The van der Waals surface area contributed by atoms with E-state index in [1.165, 1.54) is 6.42 Å². The Kier molecular flexibility index (Phi) is 2.89. The Morgan fingerprint density at radius 1 is 1.64 bits per heavy atom. The van der Waals surface area contributed by atoms with Crippen LogP contribution in [0.2, 0.25) is 5.15 Å². The zero-order valence-corrected chi connectivity index (χ0v) is 8.84. The van der Waals surface area contributed by atoms with Crippen molar-refractivity contribution in [3.8, 4) is 5.75 Å². The van der Waals surface area contributed by atoms with E-state index < -0.39 is 0 Å². The highest BCUT2D eigenvalue weighted by Crippen LogP contribution is 2.18. The van der Waals surface area contributed by atoms with Crippen LogP contribution in [0, 0.1) is 6.92 Å². The minimum atomic E-state index is 0.505. The smallest absolute Gasteiger partial charge is 0.140 e. The molecule has 1 N–H and O–H groups in total. The van der Waals surface area contributed by atoms with E-state index in [2.05, 4.69) is 10.3 Å². The highest BCUT2D eigenvalue weighted by molar-refractivity contribution is 6.29. The van der Waals surface area contributed by atoms with Crippen molar-refractivity contribution in [1.29, 1.82) is 0 Å². The van der Waals surface area contributed by atoms with E-state index >= 15 is 0 Å². The molecule has 0 saturated carbocycles. The summed E-state index contributed by atoms with van der Waals surface area (Å²) in [6, 6.07) is 4.12. The first kappa shape index (κ1) is 9.74. The van der Waals surface area contributed by atoms with Gasteiger partial charge in [0, 0.05) is 6.04 Å². The molecular formula is C10H13ClN2O. The van der Waals surface area contributed by atoms with Crippen LogP contribution in [0.5, 0.6) is 5.75 Å². The molecule has 1 aromatic heterocycles. The molecule has 0 aliphatic carbocycles. The molecule has 1 aliphatic rings. The standard InChI is InChI=1S/C10H13ClN2O/c1-7-9(2-3-10(11)13-7)14-6-8-4-5-12-8/h2-3,8,12H,4-6H2,1H3/t8-/m0/s1. The minimum absolute atomic E-state index is 0.505. The fourth-order valence-electron chi connectivity index (χ4n) is 1.35. The predicted molar refractivity (Wildman–Crippen MR) is 55.9 cm³/mol. The summed E-state index contributed by atoms with van der Waals surface area (Å²) in [6.07, 6.45) is 1.19. The molecule has 0 spiro atoms. The third kappa shape index (κ3) is 2.16. The van der Waals surface area contributed by atoms with Gasteiger partial charge in [-0.2, -0.15) is 0 Å². The third-order valence-corrected chi connectivity index (χ3v) is 2.58. The monoisotopic (exact) mass is 212 g/mol. The van der Waals surface area contributed by atoms with Gasteiger partial charge < -0.3 is 10.1 Å². The van der Waals surface area contributed by atoms with Gasteiger partial charge in [0.2, 0.25) is 0 Å². The van der Waals surface area contributed by atoms with Crippen LogP contribution >= 0.6 is 11.6 Å². The van der Waals surface area contributed by atoms with E-state index in [1.807, 2.05) is 13.0 Å². The molecule has 76 valence electrons. The van der Waals surface area contributed by atoms with E-state index in [9.17, 15) is 0 Å². The van der Waals surface area contributed by atoms with E-state index in [-0.39, 0.29) is 0 Å². The Morgan fingerprint density at radius 3 is 3.00 bits per heavy atom. The van der Waals surface area contributed by atoms with Gasteiger partial charge in [-0.3, -0.25) is 0 Å². The lowest BCUT2D eigenvalue weighted by molar-refractivity contribution is 0.216. The van der Waals surface area contributed by atoms with Crippen LogP contribution in [0.25, 0.3) is 0 Å². The van der Waals surface area contributed by atoms with Gasteiger partial charge in [0.05, 0.1) is 5.69 Å². The van der Waals surface area contributed by atoms with E-state index in [0.29, 0.717) is 17.8 Å². The van der Waals surface area contributed by atoms with Crippen LogP contribution in [0.4, 0.5) is 0 Å². The maximum absolute atomic E-state index is 5.74. The molecule has 1 aromatic rings. The van der Waals surface area contributed by atoms with Crippen molar-refractivity contribution in [2.75, 3.05) is 13.2 Å². The number of rotatable bonds is 3. The molecule has 0 radical (unpaired) electrons. The number of aromatic nitrogens is 1. The predicted octanol–water partition coefficient (Wildman–Crippen LogP) is 1.78. The van der Waals surface area contributed by atoms with Gasteiger partial charge in [0.25, 0.3) is 0 Å². The summed E-state index contributed by atoms with van der Waals surface area (Å²) in [7, 11) is 0. The fraction of sp³-hybridized carbons (Fsp3) is 0.500. The highest BCUT2D eigenvalue weighted by Gasteiger charge is 2.17. The van der Waals surface area contributed by atoms with Crippen molar-refractivity contribution in [2.45, 2.75) is 19.4 Å². The lowest BCUT2D eigenvalue weighted by atomic mass is 10.1. The van der Waals surface area contributed by atoms with Crippen LogP contribution in [-0.4, -0.2) is 24.2 Å². The molecule has 0 aromatic carbocycles. The Balaban J connectivity index is 1.94. The van der Waals surface area contributed by atoms with Crippen molar-refractivity contribution < 1.29 is 4.74 Å². The average Bonchev–Trinajstić information content (AvgIpc) is 2.05. The number of hydrogen-bond acceptors (Lipinski definition) is 3. The molecule has 1 fully saturated rings. The normalized spacial score (nSPS) is 20.3. The van der Waals surface area contributed by atoms with Crippen LogP contribution in [0.3, 0.4) is 0 Å². The summed E-state index contributed by atoms with van der Waals surface area (Å²) in [4.78, 5) is 4.12. The molecule has 3 nitrogen and oxygen atoms in total. The summed E-state index contributed by atoms with van der Waals surface area (Å²) >= 11 is 5.74. The van der Waals surface area contributed by atoms with Crippen LogP contribution in [-0.2, 0) is 0 Å². The molecule has 2 heterocycles. The molecule has 2 rings (SSSR count). The molecular weight excluding hydrogens is 200 g/mol. The second-order valence-electron chi connectivity index (χ2n) is 3.47. The summed E-state index contributed by atoms with van der Waals surface area (Å²) in [5.41, 5.74) is 0.844. The van der Waals surface area contributed by atoms with Gasteiger partial charge in [0.15, 0.2) is 0 Å². The zero-order valence-electron chi connectivity index (χ0n) is 8.09. The van der Waals surface area contributed by atoms with Crippen molar-refractivity contribution in [3.63, 3.8) is 0 Å². The van der Waals surface area contributed by atoms with Crippen molar-refractivity contribution >= 4 is 11.6 Å². The molecule has 14 heavy (non-hydrogen) atoms. The topological polar surface area (TPSA) is 34.1 Å². The van der Waals surface area contributed by atoms with Gasteiger partial charge in [0.1, 0.15) is 17.5 Å². The minimum Gasteiger partial charge on any atom is -0.490 e. The molecule has 1 aliphatic heterocycles. The maximum atomic E-state index is 5.74. The Morgan fingerprint density at radius 2 is 2.43 bits per heavy atom. The summed E-state index contributed by atoms with van der Waals surface area (Å²) in [5.74, 6) is 0.822. The number of aryl methyl sites for hydroxylation is 1. The molecule has 4 heteroatoms. The van der Waals surface area contributed by atoms with Crippen LogP contribution in [0.1, 0.15) is 12.1 Å². The lowest BCUT2D eigenvalue weighted by Gasteiger charge is -2.27. The quantitative estimate of drug-likeness (QED) is 0.776. The molecule has 1 saturated heterocycles. The maximum Gasteiger partial charge on any atom is 0.140 e. The second-order valence-corrected chi connectivity index (χ2v) is 3.86. The van der Waals surface area contributed by atoms with Gasteiger partial charge in [-0.05, 0) is 32.0 Å². The number of pyridine rings is 1. The molecule has 0 unspecified atom stereocenters.